The molecule has 5 rings (SSSR count). The van der Waals surface area contributed by atoms with Crippen LogP contribution < -0.4 is 0 Å². The van der Waals surface area contributed by atoms with Crippen LogP contribution in [-0.2, 0) is 26.7 Å². The van der Waals surface area contributed by atoms with Crippen molar-refractivity contribution in [1.29, 1.82) is 0 Å². The van der Waals surface area contributed by atoms with E-state index in [2.05, 4.69) is 69.1 Å². The molecule has 178 valence electrons. The topological polar surface area (TPSA) is 29.2 Å². The average molecular weight is 476 g/mol. The smallest absolute Gasteiger partial charge is 0.0568 e. The molecule has 1 aliphatic heterocycles. The van der Waals surface area contributed by atoms with E-state index in [9.17, 15) is 0 Å². The van der Waals surface area contributed by atoms with Crippen LogP contribution in [0.15, 0.2) is 61.1 Å². The number of hydrogen-bond donors (Lipinski definition) is 0. The highest BCUT2D eigenvalue weighted by atomic mass is 35.5. The van der Waals surface area contributed by atoms with Gasteiger partial charge in [-0.3, -0.25) is 14.5 Å². The number of hydrogen-bond acceptors (Lipinski definition) is 3. The Morgan fingerprint density at radius 2 is 1.71 bits per heavy atom. The van der Waals surface area contributed by atoms with Gasteiger partial charge in [0.1, 0.15) is 0 Å². The van der Waals surface area contributed by atoms with E-state index >= 15 is 0 Å². The first-order valence-electron chi connectivity index (χ1n) is 12.4. The summed E-state index contributed by atoms with van der Waals surface area (Å²) in [6.07, 6.45) is 8.79. The summed E-state index contributed by atoms with van der Waals surface area (Å²) in [6, 6.07) is 15.2. The maximum atomic E-state index is 6.37. The molecule has 2 aromatic carbocycles. The van der Waals surface area contributed by atoms with Gasteiger partial charge in [-0.05, 0) is 35.7 Å². The summed E-state index contributed by atoms with van der Waals surface area (Å²) in [5.41, 5.74) is 6.39. The van der Waals surface area contributed by atoms with Crippen molar-refractivity contribution in [1.82, 2.24) is 24.1 Å². The number of fused-ring (bicyclic) bond motifs is 1. The number of halogens is 1. The molecule has 0 radical (unpaired) electrons. The Morgan fingerprint density at radius 1 is 0.941 bits per heavy atom. The number of aryl methyl sites for hydroxylation is 2. The molecule has 0 atom stereocenters. The fourth-order valence-electron chi connectivity index (χ4n) is 4.98. The molecule has 0 spiro atoms. The third-order valence-electron chi connectivity index (χ3n) is 6.94. The summed E-state index contributed by atoms with van der Waals surface area (Å²) in [5.74, 6) is 0. The Balaban J connectivity index is 1.30. The van der Waals surface area contributed by atoms with Gasteiger partial charge in [0.05, 0.1) is 6.20 Å². The Bertz CT molecular complexity index is 1250. The lowest BCUT2D eigenvalue weighted by Crippen LogP contribution is -2.45. The molecular weight excluding hydrogens is 442 g/mol. The first-order chi connectivity index (χ1) is 16.6. The number of benzene rings is 2. The van der Waals surface area contributed by atoms with Crippen LogP contribution in [0.25, 0.3) is 22.0 Å². The Labute approximate surface area is 207 Å². The molecule has 0 aliphatic carbocycles. The Morgan fingerprint density at radius 3 is 2.41 bits per heavy atom. The molecule has 4 aromatic rings. The molecule has 1 aliphatic rings. The molecule has 0 bridgehead atoms. The van der Waals surface area contributed by atoms with Crippen molar-refractivity contribution in [3.63, 3.8) is 0 Å². The lowest BCUT2D eigenvalue weighted by Gasteiger charge is -2.35. The second-order valence-electron chi connectivity index (χ2n) is 9.49. The molecule has 2 aromatic heterocycles. The van der Waals surface area contributed by atoms with Gasteiger partial charge >= 0.3 is 0 Å². The highest BCUT2D eigenvalue weighted by molar-refractivity contribution is 6.31. The summed E-state index contributed by atoms with van der Waals surface area (Å²) in [7, 11) is 1.98. The second-order valence-corrected chi connectivity index (χ2v) is 9.89. The molecule has 0 unspecified atom stereocenters. The highest BCUT2D eigenvalue weighted by Gasteiger charge is 2.19. The third kappa shape index (κ3) is 5.07. The quantitative estimate of drug-likeness (QED) is 0.322. The first kappa shape index (κ1) is 23.2. The van der Waals surface area contributed by atoms with E-state index in [0.29, 0.717) is 0 Å². The van der Waals surface area contributed by atoms with E-state index in [1.165, 1.54) is 46.0 Å². The van der Waals surface area contributed by atoms with Crippen LogP contribution in [0.5, 0.6) is 0 Å². The molecule has 0 amide bonds. The summed E-state index contributed by atoms with van der Waals surface area (Å²) in [5, 5.41) is 6.62. The van der Waals surface area contributed by atoms with Crippen LogP contribution in [-0.4, -0.2) is 50.3 Å². The molecule has 5 nitrogen and oxygen atoms in total. The Hall–Kier alpha value is -2.60. The number of rotatable bonds is 8. The second kappa shape index (κ2) is 10.3. The van der Waals surface area contributed by atoms with Crippen molar-refractivity contribution in [2.24, 2.45) is 7.05 Å². The van der Waals surface area contributed by atoms with Crippen LogP contribution in [0.4, 0.5) is 0 Å². The van der Waals surface area contributed by atoms with Crippen LogP contribution in [0.3, 0.4) is 0 Å². The first-order valence-corrected chi connectivity index (χ1v) is 12.8. The van der Waals surface area contributed by atoms with E-state index < -0.39 is 0 Å². The van der Waals surface area contributed by atoms with Crippen LogP contribution in [0.2, 0.25) is 5.02 Å². The molecule has 3 heterocycles. The van der Waals surface area contributed by atoms with Gasteiger partial charge in [-0.15, -0.1) is 0 Å². The van der Waals surface area contributed by atoms with Crippen molar-refractivity contribution in [3.05, 3.63) is 77.2 Å². The van der Waals surface area contributed by atoms with Gasteiger partial charge in [-0.2, -0.15) is 5.10 Å². The summed E-state index contributed by atoms with van der Waals surface area (Å²) < 4.78 is 4.30. The molecule has 0 saturated carbocycles. The Kier molecular flexibility index (Phi) is 7.05. The van der Waals surface area contributed by atoms with E-state index in [1.54, 1.807) is 0 Å². The molecule has 1 saturated heterocycles. The number of nitrogens with zero attached hydrogens (tertiary/aromatic N) is 5. The predicted octanol–water partition coefficient (Wildman–Crippen LogP) is 5.81. The van der Waals surface area contributed by atoms with Gasteiger partial charge in [0.2, 0.25) is 0 Å². The minimum absolute atomic E-state index is 0.869. The summed E-state index contributed by atoms with van der Waals surface area (Å²) >= 11 is 6.37. The van der Waals surface area contributed by atoms with Gasteiger partial charge in [0, 0.05) is 92.3 Å². The molecular formula is C28H34ClN5. The van der Waals surface area contributed by atoms with Gasteiger partial charge in [0.25, 0.3) is 0 Å². The van der Waals surface area contributed by atoms with Crippen molar-refractivity contribution in [3.8, 4) is 11.1 Å². The summed E-state index contributed by atoms with van der Waals surface area (Å²) in [4.78, 5) is 5.08. The zero-order chi connectivity index (χ0) is 23.5. The van der Waals surface area contributed by atoms with Crippen molar-refractivity contribution in [2.45, 2.75) is 39.4 Å². The molecule has 0 N–H and O–H groups in total. The normalized spacial score (nSPS) is 15.4. The minimum atomic E-state index is 0.869. The van der Waals surface area contributed by atoms with Crippen LogP contribution in [0.1, 0.15) is 30.9 Å². The van der Waals surface area contributed by atoms with Crippen LogP contribution >= 0.6 is 11.6 Å². The fraction of sp³-hybridized carbons (Fsp3) is 0.393. The average Bonchev–Trinajstić information content (AvgIpc) is 3.43. The van der Waals surface area contributed by atoms with E-state index in [1.807, 2.05) is 30.1 Å². The minimum Gasteiger partial charge on any atom is -0.347 e. The van der Waals surface area contributed by atoms with Crippen molar-refractivity contribution in [2.75, 3.05) is 26.2 Å². The number of unbranched alkanes of at least 4 members (excludes halogenated alkanes) is 1. The lowest BCUT2D eigenvalue weighted by atomic mass is 10.1. The van der Waals surface area contributed by atoms with E-state index in [-0.39, 0.29) is 0 Å². The van der Waals surface area contributed by atoms with E-state index in [4.69, 9.17) is 11.6 Å². The van der Waals surface area contributed by atoms with E-state index in [0.717, 1.165) is 50.8 Å². The zero-order valence-electron chi connectivity index (χ0n) is 20.3. The zero-order valence-corrected chi connectivity index (χ0v) is 21.0. The monoisotopic (exact) mass is 475 g/mol. The predicted molar refractivity (Wildman–Crippen MR) is 141 cm³/mol. The number of aromatic nitrogens is 3. The highest BCUT2D eigenvalue weighted by Crippen LogP contribution is 2.32. The van der Waals surface area contributed by atoms with Gasteiger partial charge in [-0.1, -0.05) is 49.2 Å². The fourth-order valence-corrected chi connectivity index (χ4v) is 5.17. The number of piperazine rings is 1. The maximum absolute atomic E-state index is 6.37. The standard InChI is InChI=1S/C28H34ClN5/c1-3-4-11-34-21-26(24-17-30-31(2)19-24)25-16-22(9-10-28(25)34)18-32-12-14-33(15-13-32)20-23-7-5-6-8-27(23)29/h5-10,16-17,19,21H,3-4,11-15,18,20H2,1-2H3. The molecule has 6 heteroatoms. The van der Waals surface area contributed by atoms with Crippen LogP contribution in [0, 0.1) is 0 Å². The van der Waals surface area contributed by atoms with Gasteiger partial charge in [-0.25, -0.2) is 0 Å². The SMILES string of the molecule is CCCCn1cc(-c2cnn(C)c2)c2cc(CN3CCN(Cc4ccccc4Cl)CC3)ccc21. The molecule has 1 fully saturated rings. The van der Waals surface area contributed by atoms with Crippen molar-refractivity contribution < 1.29 is 0 Å². The maximum Gasteiger partial charge on any atom is 0.0568 e. The van der Waals surface area contributed by atoms with Gasteiger partial charge < -0.3 is 4.57 Å². The molecule has 34 heavy (non-hydrogen) atoms. The van der Waals surface area contributed by atoms with Gasteiger partial charge in [0.15, 0.2) is 0 Å². The van der Waals surface area contributed by atoms with Crippen molar-refractivity contribution >= 4 is 22.5 Å². The lowest BCUT2D eigenvalue weighted by molar-refractivity contribution is 0.122. The largest absolute Gasteiger partial charge is 0.347 e. The third-order valence-corrected chi connectivity index (χ3v) is 7.31. The summed E-state index contributed by atoms with van der Waals surface area (Å²) in [6.45, 7) is 9.52.